The van der Waals surface area contributed by atoms with E-state index in [1.807, 2.05) is 6.07 Å². The summed E-state index contributed by atoms with van der Waals surface area (Å²) in [7, 11) is 0. The number of hydrogen-bond acceptors (Lipinski definition) is 3. The highest BCUT2D eigenvalue weighted by molar-refractivity contribution is 5.92. The van der Waals surface area contributed by atoms with Crippen LogP contribution in [0.15, 0.2) is 30.3 Å². The number of carboxylic acids is 1. The lowest BCUT2D eigenvalue weighted by Gasteiger charge is -2.21. The van der Waals surface area contributed by atoms with E-state index in [1.54, 1.807) is 35.2 Å². The van der Waals surface area contributed by atoms with E-state index in [-0.39, 0.29) is 18.4 Å². The number of carbonyl (C=O) groups excluding carboxylic acids is 1. The predicted molar refractivity (Wildman–Crippen MR) is 77.2 cm³/mol. The number of nitrogens with zero attached hydrogens (tertiary/aromatic N) is 2. The van der Waals surface area contributed by atoms with Crippen LogP contribution in [0.1, 0.15) is 30.4 Å². The Labute approximate surface area is 123 Å². The maximum atomic E-state index is 12.1. The Morgan fingerprint density at radius 1 is 1.38 bits per heavy atom. The van der Waals surface area contributed by atoms with Gasteiger partial charge in [0.25, 0.3) is 0 Å². The third-order valence-corrected chi connectivity index (χ3v) is 3.53. The molecule has 0 aliphatic carbocycles. The molecule has 21 heavy (non-hydrogen) atoms. The maximum Gasteiger partial charge on any atom is 0.305 e. The van der Waals surface area contributed by atoms with Gasteiger partial charge in [-0.2, -0.15) is 5.26 Å². The Balaban J connectivity index is 2.01. The minimum atomic E-state index is -0.879. The van der Waals surface area contributed by atoms with Crippen molar-refractivity contribution in [1.29, 1.82) is 5.26 Å². The molecule has 1 heterocycles. The number of carbonyl (C=O) groups is 2. The fourth-order valence-electron chi connectivity index (χ4n) is 2.47. The standard InChI is InChI=1S/C16H16N2O3/c17-11-13-5-3-12(4-6-13)7-8-15(19)18-9-1-2-14(18)10-16(20)21/h3-8,14H,1-2,9-10H2,(H,20,21)/b8-7+. The molecule has 0 saturated carbocycles. The number of likely N-dealkylation sites (tertiary alicyclic amines) is 1. The Bertz CT molecular complexity index is 599. The van der Waals surface area contributed by atoms with E-state index in [0.717, 1.165) is 18.4 Å². The van der Waals surface area contributed by atoms with Gasteiger partial charge in [0.05, 0.1) is 18.1 Å². The SMILES string of the molecule is N#Cc1ccc(/C=C/C(=O)N2CCCC2CC(=O)O)cc1. The molecular weight excluding hydrogens is 268 g/mol. The van der Waals surface area contributed by atoms with Crippen LogP contribution in [0.4, 0.5) is 0 Å². The zero-order valence-electron chi connectivity index (χ0n) is 11.5. The molecule has 1 aromatic rings. The van der Waals surface area contributed by atoms with Gasteiger partial charge in [-0.1, -0.05) is 12.1 Å². The van der Waals surface area contributed by atoms with Gasteiger partial charge in [0, 0.05) is 18.7 Å². The Hall–Kier alpha value is -2.61. The number of amides is 1. The minimum Gasteiger partial charge on any atom is -0.481 e. The number of hydrogen-bond donors (Lipinski definition) is 1. The van der Waals surface area contributed by atoms with E-state index < -0.39 is 5.97 Å². The fraction of sp³-hybridized carbons (Fsp3) is 0.312. The summed E-state index contributed by atoms with van der Waals surface area (Å²) in [6, 6.07) is 8.73. The van der Waals surface area contributed by atoms with Crippen LogP contribution in [0, 0.1) is 11.3 Å². The highest BCUT2D eigenvalue weighted by atomic mass is 16.4. The van der Waals surface area contributed by atoms with Crippen molar-refractivity contribution in [3.63, 3.8) is 0 Å². The Kier molecular flexibility index (Phi) is 4.72. The van der Waals surface area contributed by atoms with Gasteiger partial charge in [-0.25, -0.2) is 0 Å². The van der Waals surface area contributed by atoms with Crippen LogP contribution >= 0.6 is 0 Å². The van der Waals surface area contributed by atoms with E-state index in [1.165, 1.54) is 6.08 Å². The van der Waals surface area contributed by atoms with Gasteiger partial charge in [-0.15, -0.1) is 0 Å². The van der Waals surface area contributed by atoms with E-state index in [2.05, 4.69) is 0 Å². The number of nitriles is 1. The molecule has 0 aromatic heterocycles. The molecule has 1 N–H and O–H groups in total. The normalized spacial score (nSPS) is 17.9. The van der Waals surface area contributed by atoms with Crippen LogP contribution in [0.2, 0.25) is 0 Å². The highest BCUT2D eigenvalue weighted by Gasteiger charge is 2.28. The summed E-state index contributed by atoms with van der Waals surface area (Å²) in [5, 5.41) is 17.6. The lowest BCUT2D eigenvalue weighted by molar-refractivity contribution is -0.139. The first-order chi connectivity index (χ1) is 10.1. The quantitative estimate of drug-likeness (QED) is 0.858. The third-order valence-electron chi connectivity index (χ3n) is 3.53. The molecule has 0 spiro atoms. The predicted octanol–water partition coefficient (Wildman–Crippen LogP) is 2.04. The smallest absolute Gasteiger partial charge is 0.305 e. The van der Waals surface area contributed by atoms with E-state index in [4.69, 9.17) is 10.4 Å². The Morgan fingerprint density at radius 2 is 2.10 bits per heavy atom. The summed E-state index contributed by atoms with van der Waals surface area (Å²) in [6.45, 7) is 0.606. The van der Waals surface area contributed by atoms with Gasteiger partial charge < -0.3 is 10.0 Å². The summed E-state index contributed by atoms with van der Waals surface area (Å²) in [5.41, 5.74) is 1.40. The first kappa shape index (κ1) is 14.8. The van der Waals surface area contributed by atoms with E-state index in [0.29, 0.717) is 12.1 Å². The zero-order chi connectivity index (χ0) is 15.2. The van der Waals surface area contributed by atoms with E-state index >= 15 is 0 Å². The molecule has 2 rings (SSSR count). The second-order valence-corrected chi connectivity index (χ2v) is 4.99. The molecule has 1 aliphatic rings. The van der Waals surface area contributed by atoms with Gasteiger partial charge >= 0.3 is 5.97 Å². The van der Waals surface area contributed by atoms with Crippen LogP contribution in [-0.4, -0.2) is 34.5 Å². The summed E-state index contributed by atoms with van der Waals surface area (Å²) < 4.78 is 0. The molecule has 5 nitrogen and oxygen atoms in total. The van der Waals surface area contributed by atoms with E-state index in [9.17, 15) is 9.59 Å². The van der Waals surface area contributed by atoms with Crippen LogP contribution < -0.4 is 0 Å². The number of rotatable bonds is 4. The van der Waals surface area contributed by atoms with Crippen molar-refractivity contribution in [1.82, 2.24) is 4.90 Å². The average Bonchev–Trinajstić information content (AvgIpc) is 2.92. The molecule has 1 amide bonds. The highest BCUT2D eigenvalue weighted by Crippen LogP contribution is 2.20. The summed E-state index contributed by atoms with van der Waals surface area (Å²) in [6.07, 6.45) is 4.72. The van der Waals surface area contributed by atoms with Crippen molar-refractivity contribution in [2.45, 2.75) is 25.3 Å². The summed E-state index contributed by atoms with van der Waals surface area (Å²) in [5.74, 6) is -1.04. The van der Waals surface area contributed by atoms with Crippen molar-refractivity contribution in [3.05, 3.63) is 41.5 Å². The van der Waals surface area contributed by atoms with Crippen LogP contribution in [0.5, 0.6) is 0 Å². The largest absolute Gasteiger partial charge is 0.481 e. The maximum absolute atomic E-state index is 12.1. The van der Waals surface area contributed by atoms with Gasteiger partial charge in [-0.3, -0.25) is 9.59 Å². The van der Waals surface area contributed by atoms with Crippen LogP contribution in [-0.2, 0) is 9.59 Å². The van der Waals surface area contributed by atoms with Gasteiger partial charge in [0.1, 0.15) is 0 Å². The second-order valence-electron chi connectivity index (χ2n) is 4.99. The van der Waals surface area contributed by atoms with Crippen LogP contribution in [0.25, 0.3) is 6.08 Å². The summed E-state index contributed by atoms with van der Waals surface area (Å²) >= 11 is 0. The zero-order valence-corrected chi connectivity index (χ0v) is 11.5. The Morgan fingerprint density at radius 3 is 2.71 bits per heavy atom. The van der Waals surface area contributed by atoms with Crippen molar-refractivity contribution in [2.75, 3.05) is 6.54 Å². The molecule has 5 heteroatoms. The molecule has 1 saturated heterocycles. The molecule has 1 aliphatic heterocycles. The number of aliphatic carboxylic acids is 1. The monoisotopic (exact) mass is 284 g/mol. The molecule has 1 fully saturated rings. The first-order valence-corrected chi connectivity index (χ1v) is 6.81. The minimum absolute atomic E-state index is 0.00353. The third kappa shape index (κ3) is 3.93. The molecular formula is C16H16N2O3. The molecule has 0 radical (unpaired) electrons. The first-order valence-electron chi connectivity index (χ1n) is 6.81. The van der Waals surface area contributed by atoms with Crippen molar-refractivity contribution in [2.24, 2.45) is 0 Å². The molecule has 1 aromatic carbocycles. The fourth-order valence-corrected chi connectivity index (χ4v) is 2.47. The average molecular weight is 284 g/mol. The van der Waals surface area contributed by atoms with Crippen LogP contribution in [0.3, 0.4) is 0 Å². The molecule has 1 atom stereocenters. The van der Waals surface area contributed by atoms with Crippen molar-refractivity contribution < 1.29 is 14.7 Å². The second kappa shape index (κ2) is 6.71. The molecule has 0 bridgehead atoms. The number of benzene rings is 1. The van der Waals surface area contributed by atoms with Crippen molar-refractivity contribution in [3.8, 4) is 6.07 Å². The molecule has 108 valence electrons. The topological polar surface area (TPSA) is 81.4 Å². The van der Waals surface area contributed by atoms with Gasteiger partial charge in [0.15, 0.2) is 0 Å². The van der Waals surface area contributed by atoms with Crippen molar-refractivity contribution >= 4 is 18.0 Å². The summed E-state index contributed by atoms with van der Waals surface area (Å²) in [4.78, 5) is 24.5. The number of carboxylic acid groups (broad SMARTS) is 1. The molecule has 1 unspecified atom stereocenters. The van der Waals surface area contributed by atoms with Gasteiger partial charge in [-0.05, 0) is 36.6 Å². The lowest BCUT2D eigenvalue weighted by atomic mass is 10.1. The lowest BCUT2D eigenvalue weighted by Crippen LogP contribution is -2.35. The van der Waals surface area contributed by atoms with Gasteiger partial charge in [0.2, 0.25) is 5.91 Å².